The maximum atomic E-state index is 10.4. The Kier molecular flexibility index (Phi) is 7.78. The third-order valence-corrected chi connectivity index (χ3v) is 5.73. The number of aromatic hydroxyl groups is 2. The summed E-state index contributed by atoms with van der Waals surface area (Å²) in [6, 6.07) is 2.84. The van der Waals surface area contributed by atoms with Gasteiger partial charge in [-0.05, 0) is 39.7 Å². The highest BCUT2D eigenvalue weighted by Crippen LogP contribution is 2.41. The van der Waals surface area contributed by atoms with Crippen molar-refractivity contribution >= 4 is 23.3 Å². The summed E-state index contributed by atoms with van der Waals surface area (Å²) in [5, 5.41) is 40.9. The number of anilines is 4. The molecule has 11 nitrogen and oxygen atoms in total. The van der Waals surface area contributed by atoms with E-state index in [2.05, 4.69) is 43.9 Å². The number of aromatic nitrogens is 2. The maximum absolute atomic E-state index is 10.4. The fourth-order valence-electron chi connectivity index (χ4n) is 3.64. The van der Waals surface area contributed by atoms with Gasteiger partial charge in [-0.3, -0.25) is 10.0 Å². The van der Waals surface area contributed by atoms with E-state index in [1.807, 2.05) is 23.9 Å². The van der Waals surface area contributed by atoms with Crippen LogP contribution in [0.4, 0.5) is 23.3 Å². The molecule has 1 aliphatic heterocycles. The molecule has 0 bridgehead atoms. The molecule has 0 unspecified atom stereocenters. The zero-order valence-electron chi connectivity index (χ0n) is 20.9. The van der Waals surface area contributed by atoms with Crippen LogP contribution in [0.1, 0.15) is 47.1 Å². The molecule has 2 aromatic rings. The lowest BCUT2D eigenvalue weighted by Gasteiger charge is -2.27. The number of hydrogen-bond acceptors (Lipinski definition) is 11. The van der Waals surface area contributed by atoms with Gasteiger partial charge in [0.1, 0.15) is 11.4 Å². The SMILES string of the molecule is COc1cc(O)c(CNc2nc(N[C@@H](CO)C(C)C)nc3c2N(C(C)C)NN3C(C)C)cc1O. The fraction of sp³-hybridized carbons (Fsp3) is 0.565. The van der Waals surface area contributed by atoms with Crippen molar-refractivity contribution in [2.45, 2.75) is 66.2 Å². The summed E-state index contributed by atoms with van der Waals surface area (Å²) < 4.78 is 5.06. The van der Waals surface area contributed by atoms with Gasteiger partial charge < -0.3 is 30.7 Å². The number of fused-ring (bicyclic) bond motifs is 1. The first-order chi connectivity index (χ1) is 16.1. The lowest BCUT2D eigenvalue weighted by atomic mass is 10.1. The van der Waals surface area contributed by atoms with Crippen molar-refractivity contribution in [3.8, 4) is 17.2 Å². The Morgan fingerprint density at radius 3 is 2.24 bits per heavy atom. The quantitative estimate of drug-likeness (QED) is 0.283. The van der Waals surface area contributed by atoms with Crippen molar-refractivity contribution in [3.05, 3.63) is 17.7 Å². The van der Waals surface area contributed by atoms with Crippen LogP contribution >= 0.6 is 0 Å². The zero-order valence-corrected chi connectivity index (χ0v) is 20.9. The first kappa shape index (κ1) is 25.4. The fourth-order valence-corrected chi connectivity index (χ4v) is 3.64. The largest absolute Gasteiger partial charge is 0.507 e. The highest BCUT2D eigenvalue weighted by molar-refractivity contribution is 5.83. The van der Waals surface area contributed by atoms with Gasteiger partial charge in [-0.15, -0.1) is 5.53 Å². The molecule has 11 heteroatoms. The van der Waals surface area contributed by atoms with E-state index in [9.17, 15) is 15.3 Å². The molecule has 2 heterocycles. The minimum absolute atomic E-state index is 0.00556. The Hall–Kier alpha value is -3.18. The van der Waals surface area contributed by atoms with E-state index in [-0.39, 0.29) is 54.4 Å². The molecule has 0 radical (unpaired) electrons. The molecule has 1 aromatic carbocycles. The summed E-state index contributed by atoms with van der Waals surface area (Å²) in [7, 11) is 1.43. The number of ether oxygens (including phenoxy) is 1. The van der Waals surface area contributed by atoms with Crippen molar-refractivity contribution in [3.63, 3.8) is 0 Å². The van der Waals surface area contributed by atoms with Gasteiger partial charge in [-0.1, -0.05) is 13.8 Å². The summed E-state index contributed by atoms with van der Waals surface area (Å²) >= 11 is 0. The van der Waals surface area contributed by atoms with Crippen molar-refractivity contribution < 1.29 is 20.1 Å². The van der Waals surface area contributed by atoms with Gasteiger partial charge in [0.25, 0.3) is 0 Å². The molecular formula is C23H37N7O4. The number of benzene rings is 1. The second-order valence-corrected chi connectivity index (χ2v) is 9.28. The average Bonchev–Trinajstić information content (AvgIpc) is 3.17. The van der Waals surface area contributed by atoms with Crippen LogP contribution in [-0.2, 0) is 6.54 Å². The van der Waals surface area contributed by atoms with Crippen LogP contribution in [-0.4, -0.2) is 57.1 Å². The molecule has 1 aromatic heterocycles. The van der Waals surface area contributed by atoms with Gasteiger partial charge in [0.05, 0.1) is 19.8 Å². The van der Waals surface area contributed by atoms with Crippen molar-refractivity contribution in [2.75, 3.05) is 34.4 Å². The molecule has 3 rings (SSSR count). The van der Waals surface area contributed by atoms with E-state index in [0.29, 0.717) is 23.1 Å². The highest BCUT2D eigenvalue weighted by atomic mass is 16.5. The molecule has 0 amide bonds. The molecule has 6 N–H and O–H groups in total. The molecule has 1 atom stereocenters. The smallest absolute Gasteiger partial charge is 0.227 e. The average molecular weight is 476 g/mol. The molecule has 188 valence electrons. The summed E-state index contributed by atoms with van der Waals surface area (Å²) in [5.74, 6) is 1.93. The number of aliphatic hydroxyl groups excluding tert-OH is 1. The van der Waals surface area contributed by atoms with Crippen molar-refractivity contribution in [1.82, 2.24) is 15.5 Å². The molecule has 0 saturated heterocycles. The standard InChI is InChI=1S/C23H37N7O4/c1-12(2)16(11-31)25-23-26-21(24-10-15-8-18(33)19(34-7)9-17(15)32)20-22(27-23)30(14(5)6)28-29(20)13(3)4/h8-9,12-14,16,28,31-33H,10-11H2,1-7H3,(H2,24,25,26,27)/t16-/m0/s1. The van der Waals surface area contributed by atoms with Gasteiger partial charge in [0.2, 0.25) is 5.95 Å². The van der Waals surface area contributed by atoms with Crippen LogP contribution in [0.5, 0.6) is 17.2 Å². The maximum Gasteiger partial charge on any atom is 0.227 e. The number of hydrogen-bond donors (Lipinski definition) is 6. The van der Waals surface area contributed by atoms with Gasteiger partial charge in [0, 0.05) is 30.3 Å². The molecule has 0 aliphatic carbocycles. The van der Waals surface area contributed by atoms with Crippen LogP contribution in [0.25, 0.3) is 0 Å². The summed E-state index contributed by atoms with van der Waals surface area (Å²) in [4.78, 5) is 9.49. The van der Waals surface area contributed by atoms with E-state index in [1.54, 1.807) is 0 Å². The number of rotatable bonds is 10. The van der Waals surface area contributed by atoms with Crippen molar-refractivity contribution in [1.29, 1.82) is 0 Å². The molecule has 0 spiro atoms. The molecule has 0 fully saturated rings. The first-order valence-corrected chi connectivity index (χ1v) is 11.5. The third-order valence-electron chi connectivity index (χ3n) is 5.73. The first-order valence-electron chi connectivity index (χ1n) is 11.5. The van der Waals surface area contributed by atoms with Gasteiger partial charge in [-0.2, -0.15) is 9.97 Å². The molecule has 0 saturated carbocycles. The van der Waals surface area contributed by atoms with E-state index < -0.39 is 0 Å². The number of nitrogens with zero attached hydrogens (tertiary/aromatic N) is 4. The van der Waals surface area contributed by atoms with E-state index in [1.165, 1.54) is 19.2 Å². The van der Waals surface area contributed by atoms with Gasteiger partial charge in [-0.25, -0.2) is 0 Å². The Bertz CT molecular complexity index is 1000. The summed E-state index contributed by atoms with van der Waals surface area (Å²) in [6.07, 6.45) is 0. The third kappa shape index (κ3) is 5.15. The van der Waals surface area contributed by atoms with Crippen LogP contribution in [0, 0.1) is 5.92 Å². The summed E-state index contributed by atoms with van der Waals surface area (Å²) in [5.41, 5.74) is 4.65. The van der Waals surface area contributed by atoms with Gasteiger partial charge in [0.15, 0.2) is 23.1 Å². The van der Waals surface area contributed by atoms with E-state index in [0.717, 1.165) is 5.69 Å². The molecular weight excluding hydrogens is 438 g/mol. The minimum Gasteiger partial charge on any atom is -0.507 e. The van der Waals surface area contributed by atoms with Crippen molar-refractivity contribution in [2.24, 2.45) is 5.92 Å². The van der Waals surface area contributed by atoms with Crippen LogP contribution in [0.15, 0.2) is 12.1 Å². The number of hydrazine groups is 2. The lowest BCUT2D eigenvalue weighted by Crippen LogP contribution is -2.50. The number of aliphatic hydroxyl groups is 1. The van der Waals surface area contributed by atoms with Gasteiger partial charge >= 0.3 is 0 Å². The minimum atomic E-state index is -0.212. The molecule has 34 heavy (non-hydrogen) atoms. The lowest BCUT2D eigenvalue weighted by molar-refractivity contribution is 0.248. The second kappa shape index (κ2) is 10.4. The zero-order chi connectivity index (χ0) is 25.2. The highest BCUT2D eigenvalue weighted by Gasteiger charge is 2.35. The van der Waals surface area contributed by atoms with Crippen LogP contribution in [0.3, 0.4) is 0 Å². The second-order valence-electron chi connectivity index (χ2n) is 9.28. The molecule has 1 aliphatic rings. The normalized spacial score (nSPS) is 14.2. The Morgan fingerprint density at radius 2 is 1.68 bits per heavy atom. The Morgan fingerprint density at radius 1 is 1.00 bits per heavy atom. The van der Waals surface area contributed by atoms with E-state index >= 15 is 0 Å². The number of nitrogens with one attached hydrogen (secondary N) is 3. The van der Waals surface area contributed by atoms with Crippen LogP contribution < -0.4 is 30.9 Å². The Labute approximate surface area is 200 Å². The topological polar surface area (TPSA) is 138 Å². The van der Waals surface area contributed by atoms with Crippen LogP contribution in [0.2, 0.25) is 0 Å². The predicted octanol–water partition coefficient (Wildman–Crippen LogP) is 2.80. The predicted molar refractivity (Wildman–Crippen MR) is 133 cm³/mol. The van der Waals surface area contributed by atoms with E-state index in [4.69, 9.17) is 14.7 Å². The number of phenolic OH excluding ortho intramolecular Hbond substituents is 2. The number of phenols is 2. The monoisotopic (exact) mass is 475 g/mol. The number of methoxy groups -OCH3 is 1. The Balaban J connectivity index is 2.04. The summed E-state index contributed by atoms with van der Waals surface area (Å²) in [6.45, 7) is 12.4.